The van der Waals surface area contributed by atoms with Crippen molar-refractivity contribution >= 4 is 18.3 Å². The minimum Gasteiger partial charge on any atom is -0.481 e. The first-order valence-electron chi connectivity index (χ1n) is 9.43. The molecule has 130 valence electrons. The van der Waals surface area contributed by atoms with Gasteiger partial charge in [0.25, 0.3) is 0 Å². The molecular weight excluding hydrogens is 294 g/mol. The van der Waals surface area contributed by atoms with Gasteiger partial charge in [0.1, 0.15) is 0 Å². The van der Waals surface area contributed by atoms with Crippen LogP contribution in [0.15, 0.2) is 0 Å². The van der Waals surface area contributed by atoms with Crippen LogP contribution in [0.2, 0.25) is 0 Å². The van der Waals surface area contributed by atoms with Crippen molar-refractivity contribution in [2.75, 3.05) is 6.61 Å². The molecule has 0 heterocycles. The van der Waals surface area contributed by atoms with Gasteiger partial charge in [-0.15, -0.1) is 12.4 Å². The van der Waals surface area contributed by atoms with Gasteiger partial charge in [-0.1, -0.05) is 51.9 Å². The second kappa shape index (κ2) is 9.80. The van der Waals surface area contributed by atoms with Crippen molar-refractivity contribution in [3.8, 4) is 0 Å². The van der Waals surface area contributed by atoms with Crippen LogP contribution in [0.25, 0.3) is 0 Å². The molecule has 0 unspecified atom stereocenters. The molecule has 0 radical (unpaired) electrons. The summed E-state index contributed by atoms with van der Waals surface area (Å²) < 4.78 is 5.65. The van der Waals surface area contributed by atoms with E-state index in [4.69, 9.17) is 10.1 Å². The van der Waals surface area contributed by atoms with Gasteiger partial charge in [-0.05, 0) is 50.9 Å². The first-order valence-corrected chi connectivity index (χ1v) is 9.43. The van der Waals surface area contributed by atoms with Crippen LogP contribution in [0.1, 0.15) is 90.9 Å². The molecular formula is C19H36ClNO. The molecule has 0 aromatic carbocycles. The maximum atomic E-state index is 8.40. The second-order valence-corrected chi connectivity index (χ2v) is 7.38. The Morgan fingerprint density at radius 3 is 2.14 bits per heavy atom. The molecule has 2 aliphatic carbocycles. The molecule has 2 nitrogen and oxygen atoms in total. The molecule has 0 saturated heterocycles. The van der Waals surface area contributed by atoms with Gasteiger partial charge in [0.2, 0.25) is 0 Å². The van der Waals surface area contributed by atoms with Crippen molar-refractivity contribution in [3.05, 3.63) is 0 Å². The van der Waals surface area contributed by atoms with E-state index in [-0.39, 0.29) is 17.8 Å². The third-order valence-electron chi connectivity index (χ3n) is 6.08. The highest BCUT2D eigenvalue weighted by atomic mass is 35.5. The fourth-order valence-electron chi connectivity index (χ4n) is 4.67. The average Bonchev–Trinajstić information content (AvgIpc) is 2.54. The molecule has 0 spiro atoms. The lowest BCUT2D eigenvalue weighted by atomic mass is 9.63. The van der Waals surface area contributed by atoms with Gasteiger partial charge in [0.15, 0.2) is 5.90 Å². The van der Waals surface area contributed by atoms with Crippen molar-refractivity contribution in [1.82, 2.24) is 0 Å². The molecule has 0 aromatic rings. The highest BCUT2D eigenvalue weighted by Gasteiger charge is 2.41. The molecule has 22 heavy (non-hydrogen) atoms. The number of hydrogen-bond acceptors (Lipinski definition) is 2. The minimum atomic E-state index is 0. The number of nitrogens with one attached hydrogen (secondary N) is 1. The van der Waals surface area contributed by atoms with E-state index in [1.165, 1.54) is 77.0 Å². The number of hydrogen-bond donors (Lipinski definition) is 1. The molecule has 2 aliphatic rings. The van der Waals surface area contributed by atoms with Gasteiger partial charge in [-0.2, -0.15) is 0 Å². The predicted octanol–water partition coefficient (Wildman–Crippen LogP) is 6.37. The number of rotatable bonds is 6. The Bertz CT molecular complexity index is 317. The molecule has 2 rings (SSSR count). The summed E-state index contributed by atoms with van der Waals surface area (Å²) in [5, 5.41) is 8.40. The first kappa shape index (κ1) is 19.8. The molecule has 0 aliphatic heterocycles. The fourth-order valence-corrected chi connectivity index (χ4v) is 4.67. The maximum absolute atomic E-state index is 8.40. The molecule has 0 bridgehead atoms. The summed E-state index contributed by atoms with van der Waals surface area (Å²) in [6.45, 7) is 4.92. The van der Waals surface area contributed by atoms with Crippen LogP contribution in [0.3, 0.4) is 0 Å². The van der Waals surface area contributed by atoms with Gasteiger partial charge >= 0.3 is 0 Å². The van der Waals surface area contributed by atoms with Crippen molar-refractivity contribution < 1.29 is 4.74 Å². The van der Waals surface area contributed by atoms with E-state index in [0.29, 0.717) is 12.5 Å². The zero-order valence-corrected chi connectivity index (χ0v) is 15.5. The fraction of sp³-hybridized carbons (Fsp3) is 0.947. The van der Waals surface area contributed by atoms with Crippen LogP contribution in [0.5, 0.6) is 0 Å². The highest BCUT2D eigenvalue weighted by Crippen LogP contribution is 2.48. The SMILES string of the molecule is CCCCC1(C(=N)OCC)CCC(C2CCCCC2)CC1.Cl. The van der Waals surface area contributed by atoms with Gasteiger partial charge < -0.3 is 4.74 Å². The topological polar surface area (TPSA) is 33.1 Å². The Hall–Kier alpha value is -0.240. The van der Waals surface area contributed by atoms with Crippen LogP contribution in [-0.2, 0) is 4.74 Å². The average molecular weight is 330 g/mol. The Morgan fingerprint density at radius 1 is 1.00 bits per heavy atom. The number of halogens is 1. The summed E-state index contributed by atoms with van der Waals surface area (Å²) in [6, 6.07) is 0. The Labute approximate surface area is 143 Å². The van der Waals surface area contributed by atoms with E-state index in [1.807, 2.05) is 6.92 Å². The monoisotopic (exact) mass is 329 g/mol. The third-order valence-corrected chi connectivity index (χ3v) is 6.08. The second-order valence-electron chi connectivity index (χ2n) is 7.38. The van der Waals surface area contributed by atoms with Crippen molar-refractivity contribution in [2.45, 2.75) is 90.9 Å². The lowest BCUT2D eigenvalue weighted by Gasteiger charge is -2.43. The summed E-state index contributed by atoms with van der Waals surface area (Å²) in [5.74, 6) is 2.53. The summed E-state index contributed by atoms with van der Waals surface area (Å²) in [4.78, 5) is 0. The molecule has 3 heteroatoms. The lowest BCUT2D eigenvalue weighted by Crippen LogP contribution is -2.38. The molecule has 0 amide bonds. The number of unbranched alkanes of at least 4 members (excludes halogenated alkanes) is 1. The smallest absolute Gasteiger partial charge is 0.186 e. The van der Waals surface area contributed by atoms with E-state index < -0.39 is 0 Å². The maximum Gasteiger partial charge on any atom is 0.186 e. The molecule has 2 saturated carbocycles. The summed E-state index contributed by atoms with van der Waals surface area (Å²) >= 11 is 0. The molecule has 0 atom stereocenters. The summed E-state index contributed by atoms with van der Waals surface area (Å²) in [7, 11) is 0. The lowest BCUT2D eigenvalue weighted by molar-refractivity contribution is 0.114. The summed E-state index contributed by atoms with van der Waals surface area (Å²) in [6.07, 6.45) is 16.0. The van der Waals surface area contributed by atoms with Crippen LogP contribution < -0.4 is 0 Å². The highest BCUT2D eigenvalue weighted by molar-refractivity contribution is 5.85. The molecule has 2 fully saturated rings. The minimum absolute atomic E-state index is 0. The Morgan fingerprint density at radius 2 is 1.59 bits per heavy atom. The number of ether oxygens (including phenoxy) is 1. The van der Waals surface area contributed by atoms with E-state index >= 15 is 0 Å². The van der Waals surface area contributed by atoms with Crippen molar-refractivity contribution in [1.29, 1.82) is 5.41 Å². The van der Waals surface area contributed by atoms with Gasteiger partial charge in [0.05, 0.1) is 6.61 Å². The predicted molar refractivity (Wildman–Crippen MR) is 97.1 cm³/mol. The largest absolute Gasteiger partial charge is 0.481 e. The Kier molecular flexibility index (Phi) is 8.82. The standard InChI is InChI=1S/C19H35NO.ClH/c1-3-5-13-19(18(20)21-4-2)14-11-17(12-15-19)16-9-7-6-8-10-16;/h16-17,20H,3-15H2,1-2H3;1H. The summed E-state index contributed by atoms with van der Waals surface area (Å²) in [5.41, 5.74) is 0.0805. The van der Waals surface area contributed by atoms with Crippen molar-refractivity contribution in [2.24, 2.45) is 17.3 Å². The third kappa shape index (κ3) is 4.88. The normalized spacial score (nSPS) is 29.6. The van der Waals surface area contributed by atoms with Crippen LogP contribution in [0.4, 0.5) is 0 Å². The van der Waals surface area contributed by atoms with Crippen molar-refractivity contribution in [3.63, 3.8) is 0 Å². The molecule has 0 aromatic heterocycles. The van der Waals surface area contributed by atoms with Gasteiger partial charge in [0, 0.05) is 5.41 Å². The molecule has 1 N–H and O–H groups in total. The Balaban J connectivity index is 0.00000242. The van der Waals surface area contributed by atoms with E-state index in [0.717, 1.165) is 11.8 Å². The van der Waals surface area contributed by atoms with E-state index in [2.05, 4.69) is 6.92 Å². The zero-order valence-electron chi connectivity index (χ0n) is 14.7. The van der Waals surface area contributed by atoms with Gasteiger partial charge in [-0.3, -0.25) is 5.41 Å². The van der Waals surface area contributed by atoms with Crippen LogP contribution in [-0.4, -0.2) is 12.5 Å². The van der Waals surface area contributed by atoms with Crippen LogP contribution >= 0.6 is 12.4 Å². The quantitative estimate of drug-likeness (QED) is 0.445. The van der Waals surface area contributed by atoms with E-state index in [1.54, 1.807) is 0 Å². The van der Waals surface area contributed by atoms with E-state index in [9.17, 15) is 0 Å². The first-order chi connectivity index (χ1) is 10.2. The van der Waals surface area contributed by atoms with Gasteiger partial charge in [-0.25, -0.2) is 0 Å². The van der Waals surface area contributed by atoms with Crippen LogP contribution in [0, 0.1) is 22.7 Å². The zero-order chi connectivity index (χ0) is 15.1.